The zero-order chi connectivity index (χ0) is 15.3. The summed E-state index contributed by atoms with van der Waals surface area (Å²) in [6.45, 7) is 5.13. The Balaban J connectivity index is 3.04. The molecule has 1 aromatic rings. The fourth-order valence-electron chi connectivity index (χ4n) is 1.52. The van der Waals surface area contributed by atoms with Gasteiger partial charge in [-0.2, -0.15) is 0 Å². The first kappa shape index (κ1) is 15.9. The second-order valence-corrected chi connectivity index (χ2v) is 6.12. The minimum absolute atomic E-state index is 0.0995. The van der Waals surface area contributed by atoms with Gasteiger partial charge in [0.1, 0.15) is 5.75 Å². The SMILES string of the molecule is C=CCNC(=O)CS(=O)(=O)c1ccc(C)c(C(=O)O)c1. The maximum Gasteiger partial charge on any atom is 0.335 e. The van der Waals surface area contributed by atoms with Gasteiger partial charge in [-0.05, 0) is 24.6 Å². The third-order valence-corrected chi connectivity index (χ3v) is 4.18. The van der Waals surface area contributed by atoms with Crippen LogP contribution in [0, 0.1) is 6.92 Å². The zero-order valence-electron chi connectivity index (χ0n) is 10.9. The number of carboxylic acid groups (broad SMARTS) is 1. The number of sulfone groups is 1. The maximum absolute atomic E-state index is 12.0. The van der Waals surface area contributed by atoms with Crippen LogP contribution in [-0.2, 0) is 14.6 Å². The number of nitrogens with one attached hydrogen (secondary N) is 1. The van der Waals surface area contributed by atoms with Crippen LogP contribution in [0.2, 0.25) is 0 Å². The van der Waals surface area contributed by atoms with E-state index < -0.39 is 27.5 Å². The maximum atomic E-state index is 12.0. The molecule has 0 unspecified atom stereocenters. The molecule has 0 fully saturated rings. The summed E-state index contributed by atoms with van der Waals surface area (Å²) in [5, 5.41) is 11.3. The number of rotatable bonds is 6. The van der Waals surface area contributed by atoms with Crippen molar-refractivity contribution in [3.8, 4) is 0 Å². The van der Waals surface area contributed by atoms with Gasteiger partial charge in [-0.25, -0.2) is 13.2 Å². The molecule has 0 saturated carbocycles. The summed E-state index contributed by atoms with van der Waals surface area (Å²) in [5.74, 6) is -2.61. The van der Waals surface area contributed by atoms with Gasteiger partial charge in [0.05, 0.1) is 10.5 Å². The number of amides is 1. The summed E-state index contributed by atoms with van der Waals surface area (Å²) in [7, 11) is -3.87. The molecule has 0 aliphatic rings. The normalized spacial score (nSPS) is 10.8. The van der Waals surface area contributed by atoms with Gasteiger partial charge in [-0.3, -0.25) is 4.79 Å². The average Bonchev–Trinajstić information content (AvgIpc) is 2.35. The molecule has 20 heavy (non-hydrogen) atoms. The molecular formula is C13H15NO5S. The van der Waals surface area contributed by atoms with Crippen molar-refractivity contribution in [2.24, 2.45) is 0 Å². The average molecular weight is 297 g/mol. The number of aryl methyl sites for hydroxylation is 1. The molecule has 0 radical (unpaired) electrons. The van der Waals surface area contributed by atoms with Gasteiger partial charge in [0.15, 0.2) is 9.84 Å². The summed E-state index contributed by atoms with van der Waals surface area (Å²) in [5.41, 5.74) is 0.352. The Morgan fingerprint density at radius 3 is 2.60 bits per heavy atom. The van der Waals surface area contributed by atoms with Crippen molar-refractivity contribution in [3.63, 3.8) is 0 Å². The Labute approximate surface area is 117 Å². The lowest BCUT2D eigenvalue weighted by Gasteiger charge is -2.07. The number of benzene rings is 1. The minimum Gasteiger partial charge on any atom is -0.478 e. The van der Waals surface area contributed by atoms with Gasteiger partial charge >= 0.3 is 5.97 Å². The second-order valence-electron chi connectivity index (χ2n) is 4.13. The molecule has 0 spiro atoms. The Morgan fingerprint density at radius 2 is 2.05 bits per heavy atom. The van der Waals surface area contributed by atoms with Gasteiger partial charge in [0.2, 0.25) is 5.91 Å². The van der Waals surface area contributed by atoms with Crippen LogP contribution in [0.3, 0.4) is 0 Å². The smallest absolute Gasteiger partial charge is 0.335 e. The Kier molecular flexibility index (Phi) is 5.04. The molecule has 7 heteroatoms. The van der Waals surface area contributed by atoms with Gasteiger partial charge in [-0.1, -0.05) is 12.1 Å². The summed E-state index contributed by atoms with van der Waals surface area (Å²) in [4.78, 5) is 22.2. The highest BCUT2D eigenvalue weighted by molar-refractivity contribution is 7.92. The Bertz CT molecular complexity index is 649. The van der Waals surface area contributed by atoms with Crippen molar-refractivity contribution < 1.29 is 23.1 Å². The van der Waals surface area contributed by atoms with Crippen molar-refractivity contribution >= 4 is 21.7 Å². The van der Waals surface area contributed by atoms with Crippen LogP contribution in [-0.4, -0.2) is 37.7 Å². The quantitative estimate of drug-likeness (QED) is 0.755. The Hall–Kier alpha value is -2.15. The molecule has 0 aromatic heterocycles. The monoisotopic (exact) mass is 297 g/mol. The summed E-state index contributed by atoms with van der Waals surface area (Å²) >= 11 is 0. The lowest BCUT2D eigenvalue weighted by molar-refractivity contribution is -0.118. The molecule has 0 atom stereocenters. The van der Waals surface area contributed by atoms with Crippen molar-refractivity contribution in [2.75, 3.05) is 12.3 Å². The molecule has 1 amide bonds. The first-order valence-corrected chi connectivity index (χ1v) is 7.37. The molecule has 0 heterocycles. The molecule has 108 valence electrons. The minimum atomic E-state index is -3.87. The number of carboxylic acids is 1. The fourth-order valence-corrected chi connectivity index (χ4v) is 2.70. The van der Waals surface area contributed by atoms with E-state index in [1.807, 2.05) is 0 Å². The van der Waals surface area contributed by atoms with Crippen LogP contribution in [0.5, 0.6) is 0 Å². The summed E-state index contributed by atoms with van der Waals surface area (Å²) in [6.07, 6.45) is 1.43. The predicted molar refractivity (Wildman–Crippen MR) is 73.4 cm³/mol. The molecule has 0 aliphatic heterocycles. The lowest BCUT2D eigenvalue weighted by Crippen LogP contribution is -2.30. The number of carbonyl (C=O) groups is 2. The highest BCUT2D eigenvalue weighted by Gasteiger charge is 2.21. The summed E-state index contributed by atoms with van der Waals surface area (Å²) < 4.78 is 24.0. The van der Waals surface area contributed by atoms with E-state index in [1.165, 1.54) is 18.2 Å². The van der Waals surface area contributed by atoms with Crippen LogP contribution in [0.1, 0.15) is 15.9 Å². The molecule has 6 nitrogen and oxygen atoms in total. The van der Waals surface area contributed by atoms with E-state index in [9.17, 15) is 18.0 Å². The lowest BCUT2D eigenvalue weighted by atomic mass is 10.1. The van der Waals surface area contributed by atoms with E-state index in [4.69, 9.17) is 5.11 Å². The Morgan fingerprint density at radius 1 is 1.40 bits per heavy atom. The highest BCUT2D eigenvalue weighted by atomic mass is 32.2. The highest BCUT2D eigenvalue weighted by Crippen LogP contribution is 2.17. The molecule has 2 N–H and O–H groups in total. The third kappa shape index (κ3) is 3.92. The van der Waals surface area contributed by atoms with Crippen LogP contribution in [0.25, 0.3) is 0 Å². The van der Waals surface area contributed by atoms with Crippen molar-refractivity contribution in [1.29, 1.82) is 0 Å². The van der Waals surface area contributed by atoms with E-state index in [2.05, 4.69) is 11.9 Å². The third-order valence-electron chi connectivity index (χ3n) is 2.56. The number of carbonyl (C=O) groups excluding carboxylic acids is 1. The zero-order valence-corrected chi connectivity index (χ0v) is 11.7. The van der Waals surface area contributed by atoms with Gasteiger partial charge in [-0.15, -0.1) is 6.58 Å². The number of aromatic carboxylic acids is 1. The van der Waals surface area contributed by atoms with Crippen LogP contribution >= 0.6 is 0 Å². The fraction of sp³-hybridized carbons (Fsp3) is 0.231. The van der Waals surface area contributed by atoms with E-state index in [1.54, 1.807) is 6.92 Å². The van der Waals surface area contributed by atoms with E-state index in [-0.39, 0.29) is 17.0 Å². The molecule has 1 rings (SSSR count). The van der Waals surface area contributed by atoms with Crippen LogP contribution in [0.4, 0.5) is 0 Å². The van der Waals surface area contributed by atoms with Gasteiger partial charge in [0, 0.05) is 6.54 Å². The van der Waals surface area contributed by atoms with Crippen molar-refractivity contribution in [2.45, 2.75) is 11.8 Å². The van der Waals surface area contributed by atoms with E-state index in [0.29, 0.717) is 5.56 Å². The first-order valence-electron chi connectivity index (χ1n) is 5.72. The number of hydrogen-bond donors (Lipinski definition) is 2. The molecule has 0 bridgehead atoms. The van der Waals surface area contributed by atoms with Crippen LogP contribution in [0.15, 0.2) is 35.7 Å². The van der Waals surface area contributed by atoms with E-state index >= 15 is 0 Å². The predicted octanol–water partition coefficient (Wildman–Crippen LogP) is 0.769. The van der Waals surface area contributed by atoms with Crippen molar-refractivity contribution in [1.82, 2.24) is 5.32 Å². The molecule has 0 aliphatic carbocycles. The first-order chi connectivity index (χ1) is 9.27. The standard InChI is InChI=1S/C13H15NO5S/c1-3-6-14-12(15)8-20(18,19)10-5-4-9(2)11(7-10)13(16)17/h3-5,7H,1,6,8H2,2H3,(H,14,15)(H,16,17). The second kappa shape index (κ2) is 6.33. The van der Waals surface area contributed by atoms with Gasteiger partial charge in [0.25, 0.3) is 0 Å². The van der Waals surface area contributed by atoms with Crippen LogP contribution < -0.4 is 5.32 Å². The largest absolute Gasteiger partial charge is 0.478 e. The number of hydrogen-bond acceptors (Lipinski definition) is 4. The topological polar surface area (TPSA) is 101 Å². The van der Waals surface area contributed by atoms with E-state index in [0.717, 1.165) is 6.07 Å². The molecule has 0 saturated heterocycles. The molecule has 1 aromatic carbocycles. The molecular weight excluding hydrogens is 282 g/mol. The summed E-state index contributed by atoms with van der Waals surface area (Å²) in [6, 6.07) is 3.75. The van der Waals surface area contributed by atoms with Crippen molar-refractivity contribution in [3.05, 3.63) is 42.0 Å². The van der Waals surface area contributed by atoms with Gasteiger partial charge < -0.3 is 10.4 Å².